The zero-order valence-corrected chi connectivity index (χ0v) is 24.6. The molecule has 2 N–H and O–H groups in total. The van der Waals surface area contributed by atoms with Gasteiger partial charge in [-0.15, -0.1) is 0 Å². The molecule has 0 fully saturated rings. The number of aliphatic hydroxyl groups is 1. The number of rotatable bonds is 9. The number of nitrogens with one attached hydrogen (secondary N) is 1. The normalized spacial score (nSPS) is 13.2. The SMILES string of the molecule is CC(Nc1c(-c2ccccc2)cc(-c2ccccc2)cc1-c1ccccc1)c1cccc(C(C)(O)Cc2ccccc2)n1. The van der Waals surface area contributed by atoms with E-state index in [-0.39, 0.29) is 6.04 Å². The van der Waals surface area contributed by atoms with E-state index in [4.69, 9.17) is 4.98 Å². The van der Waals surface area contributed by atoms with Crippen LogP contribution in [0.1, 0.15) is 36.8 Å². The number of anilines is 1. The van der Waals surface area contributed by atoms with Crippen LogP contribution in [0.3, 0.4) is 0 Å². The second-order valence-corrected chi connectivity index (χ2v) is 11.3. The first kappa shape index (κ1) is 28.1. The van der Waals surface area contributed by atoms with Gasteiger partial charge < -0.3 is 10.4 Å². The van der Waals surface area contributed by atoms with E-state index in [9.17, 15) is 5.11 Å². The Morgan fingerprint density at radius 3 is 1.63 bits per heavy atom. The molecule has 0 aliphatic carbocycles. The summed E-state index contributed by atoms with van der Waals surface area (Å²) in [6, 6.07) is 52.0. The molecule has 0 amide bonds. The van der Waals surface area contributed by atoms with Crippen LogP contribution in [0.2, 0.25) is 0 Å². The first-order valence-electron chi connectivity index (χ1n) is 14.8. The van der Waals surface area contributed by atoms with Gasteiger partial charge in [-0.3, -0.25) is 4.98 Å². The highest BCUT2D eigenvalue weighted by atomic mass is 16.3. The minimum atomic E-state index is -1.10. The van der Waals surface area contributed by atoms with Gasteiger partial charge in [-0.1, -0.05) is 127 Å². The van der Waals surface area contributed by atoms with Crippen molar-refractivity contribution in [2.45, 2.75) is 31.9 Å². The van der Waals surface area contributed by atoms with Gasteiger partial charge in [-0.2, -0.15) is 0 Å². The van der Waals surface area contributed by atoms with E-state index in [0.29, 0.717) is 12.1 Å². The van der Waals surface area contributed by atoms with Gasteiger partial charge >= 0.3 is 0 Å². The summed E-state index contributed by atoms with van der Waals surface area (Å²) in [5, 5.41) is 15.3. The molecule has 1 heterocycles. The summed E-state index contributed by atoms with van der Waals surface area (Å²) in [4.78, 5) is 4.99. The maximum Gasteiger partial charge on any atom is 0.108 e. The largest absolute Gasteiger partial charge is 0.383 e. The first-order valence-corrected chi connectivity index (χ1v) is 14.8. The predicted octanol–water partition coefficient (Wildman–Crippen LogP) is 9.71. The van der Waals surface area contributed by atoms with Gasteiger partial charge in [-0.05, 0) is 65.9 Å². The molecule has 212 valence electrons. The summed E-state index contributed by atoms with van der Waals surface area (Å²) in [7, 11) is 0. The molecular formula is C40H36N2O. The Bertz CT molecular complexity index is 1720. The fourth-order valence-corrected chi connectivity index (χ4v) is 5.65. The van der Waals surface area contributed by atoms with Crippen LogP contribution in [0.15, 0.2) is 152 Å². The maximum atomic E-state index is 11.5. The third-order valence-electron chi connectivity index (χ3n) is 7.93. The molecule has 1 aromatic heterocycles. The molecule has 0 spiro atoms. The molecular weight excluding hydrogens is 524 g/mol. The van der Waals surface area contributed by atoms with Crippen molar-refractivity contribution in [3.8, 4) is 33.4 Å². The lowest BCUT2D eigenvalue weighted by Crippen LogP contribution is -2.26. The quantitative estimate of drug-likeness (QED) is 0.185. The molecule has 3 heteroatoms. The fourth-order valence-electron chi connectivity index (χ4n) is 5.65. The molecule has 0 bridgehead atoms. The smallest absolute Gasteiger partial charge is 0.108 e. The first-order chi connectivity index (χ1) is 21.0. The second-order valence-electron chi connectivity index (χ2n) is 11.3. The van der Waals surface area contributed by atoms with Gasteiger partial charge in [-0.25, -0.2) is 0 Å². The van der Waals surface area contributed by atoms with Crippen molar-refractivity contribution in [3.63, 3.8) is 0 Å². The monoisotopic (exact) mass is 560 g/mol. The predicted molar refractivity (Wildman–Crippen MR) is 179 cm³/mol. The Hall–Kier alpha value is -4.99. The summed E-state index contributed by atoms with van der Waals surface area (Å²) in [5.74, 6) is 0. The van der Waals surface area contributed by atoms with Crippen molar-refractivity contribution in [1.29, 1.82) is 0 Å². The lowest BCUT2D eigenvalue weighted by Gasteiger charge is -2.26. The van der Waals surface area contributed by atoms with Crippen molar-refractivity contribution in [1.82, 2.24) is 4.98 Å². The number of hydrogen-bond donors (Lipinski definition) is 2. The van der Waals surface area contributed by atoms with Crippen LogP contribution in [0, 0.1) is 0 Å². The Morgan fingerprint density at radius 1 is 0.605 bits per heavy atom. The summed E-state index contributed by atoms with van der Waals surface area (Å²) in [6.07, 6.45) is 0.489. The fraction of sp³-hybridized carbons (Fsp3) is 0.125. The number of pyridine rings is 1. The summed E-state index contributed by atoms with van der Waals surface area (Å²) < 4.78 is 0. The van der Waals surface area contributed by atoms with E-state index in [1.54, 1.807) is 0 Å². The number of nitrogens with zero attached hydrogens (tertiary/aromatic N) is 1. The second kappa shape index (κ2) is 12.5. The Morgan fingerprint density at radius 2 is 1.09 bits per heavy atom. The van der Waals surface area contributed by atoms with E-state index in [2.05, 4.69) is 115 Å². The zero-order valence-electron chi connectivity index (χ0n) is 24.6. The molecule has 6 aromatic rings. The molecule has 2 unspecified atom stereocenters. The van der Waals surface area contributed by atoms with Gasteiger partial charge in [0.2, 0.25) is 0 Å². The summed E-state index contributed by atoms with van der Waals surface area (Å²) in [5.41, 5.74) is 9.42. The third-order valence-corrected chi connectivity index (χ3v) is 7.93. The van der Waals surface area contributed by atoms with Crippen LogP contribution < -0.4 is 5.32 Å². The molecule has 43 heavy (non-hydrogen) atoms. The topological polar surface area (TPSA) is 45.1 Å². The molecule has 0 aliphatic rings. The number of benzene rings is 5. The Balaban J connectivity index is 1.43. The van der Waals surface area contributed by atoms with Gasteiger partial charge in [0, 0.05) is 17.5 Å². The van der Waals surface area contributed by atoms with Crippen LogP contribution >= 0.6 is 0 Å². The van der Waals surface area contributed by atoms with Crippen molar-refractivity contribution in [2.75, 3.05) is 5.32 Å². The summed E-state index contributed by atoms with van der Waals surface area (Å²) >= 11 is 0. The maximum absolute atomic E-state index is 11.5. The van der Waals surface area contributed by atoms with Crippen LogP contribution in [-0.4, -0.2) is 10.1 Å². The van der Waals surface area contributed by atoms with Crippen LogP contribution in [0.4, 0.5) is 5.69 Å². The highest BCUT2D eigenvalue weighted by molar-refractivity contribution is 5.94. The molecule has 0 saturated carbocycles. The lowest BCUT2D eigenvalue weighted by molar-refractivity contribution is 0.0528. The highest BCUT2D eigenvalue weighted by Gasteiger charge is 2.26. The van der Waals surface area contributed by atoms with Crippen LogP contribution in [0.5, 0.6) is 0 Å². The minimum Gasteiger partial charge on any atom is -0.383 e. The Kier molecular flexibility index (Phi) is 8.17. The molecule has 3 nitrogen and oxygen atoms in total. The van der Waals surface area contributed by atoms with Crippen molar-refractivity contribution in [3.05, 3.63) is 169 Å². The number of aromatic nitrogens is 1. The van der Waals surface area contributed by atoms with Crippen LogP contribution in [-0.2, 0) is 12.0 Å². The zero-order chi connectivity index (χ0) is 29.6. The average molecular weight is 561 g/mol. The molecule has 0 radical (unpaired) electrons. The molecule has 0 aliphatic heterocycles. The van der Waals surface area contributed by atoms with E-state index in [1.165, 1.54) is 5.56 Å². The van der Waals surface area contributed by atoms with Crippen molar-refractivity contribution >= 4 is 5.69 Å². The standard InChI is InChI=1S/C40H36N2O/c1-29(37-24-15-25-38(42-37)40(2,43)28-30-16-7-3-8-17-30)41-39-35(32-20-11-5-12-21-32)26-34(31-18-9-4-10-19-31)27-36(39)33-22-13-6-14-23-33/h3-27,29,41,43H,28H2,1-2H3. The average Bonchev–Trinajstić information content (AvgIpc) is 3.06. The van der Waals surface area contributed by atoms with Crippen molar-refractivity contribution in [2.24, 2.45) is 0 Å². The molecule has 6 rings (SSSR count). The lowest BCUT2D eigenvalue weighted by atomic mass is 9.90. The molecule has 0 saturated heterocycles. The van der Waals surface area contributed by atoms with Gasteiger partial charge in [0.25, 0.3) is 0 Å². The van der Waals surface area contributed by atoms with Gasteiger partial charge in [0.05, 0.1) is 23.1 Å². The van der Waals surface area contributed by atoms with Crippen LogP contribution in [0.25, 0.3) is 33.4 Å². The number of hydrogen-bond acceptors (Lipinski definition) is 3. The van der Waals surface area contributed by atoms with Gasteiger partial charge in [0.15, 0.2) is 0 Å². The third kappa shape index (κ3) is 6.43. The summed E-state index contributed by atoms with van der Waals surface area (Å²) in [6.45, 7) is 3.97. The van der Waals surface area contributed by atoms with E-state index < -0.39 is 5.60 Å². The molecule has 5 aromatic carbocycles. The minimum absolute atomic E-state index is 0.125. The van der Waals surface area contributed by atoms with E-state index >= 15 is 0 Å². The van der Waals surface area contributed by atoms with E-state index in [0.717, 1.165) is 44.8 Å². The highest BCUT2D eigenvalue weighted by Crippen LogP contribution is 2.42. The Labute approximate surface area is 254 Å². The van der Waals surface area contributed by atoms with Crippen molar-refractivity contribution < 1.29 is 5.11 Å². The van der Waals surface area contributed by atoms with Gasteiger partial charge in [0.1, 0.15) is 5.60 Å². The molecule has 2 atom stereocenters. The van der Waals surface area contributed by atoms with E-state index in [1.807, 2.05) is 55.5 Å².